The quantitative estimate of drug-likeness (QED) is 0.294. The predicted octanol–water partition coefficient (Wildman–Crippen LogP) is 7.75. The van der Waals surface area contributed by atoms with E-state index < -0.39 is 5.60 Å². The van der Waals surface area contributed by atoms with Crippen molar-refractivity contribution in [1.82, 2.24) is 9.88 Å². The molecule has 6 rings (SSSR count). The lowest BCUT2D eigenvalue weighted by Gasteiger charge is -2.38. The van der Waals surface area contributed by atoms with Crippen molar-refractivity contribution in [2.24, 2.45) is 0 Å². The molecule has 2 fully saturated rings. The summed E-state index contributed by atoms with van der Waals surface area (Å²) in [5.41, 5.74) is 5.40. The molecule has 2 aliphatic heterocycles. The first kappa shape index (κ1) is 28.0. The first-order valence-corrected chi connectivity index (χ1v) is 15.3. The molecule has 3 aliphatic rings. The highest BCUT2D eigenvalue weighted by Crippen LogP contribution is 2.39. The number of hydrogen-bond donors (Lipinski definition) is 1. The number of piperidine rings is 1. The molecule has 214 valence electrons. The molecule has 0 unspecified atom stereocenters. The van der Waals surface area contributed by atoms with E-state index in [0.29, 0.717) is 24.5 Å². The fraction of sp³-hybridized carbons (Fsp3) is 0.400. The second kappa shape index (κ2) is 12.4. The van der Waals surface area contributed by atoms with Gasteiger partial charge in [0, 0.05) is 47.5 Å². The third-order valence-electron chi connectivity index (χ3n) is 8.86. The fourth-order valence-corrected chi connectivity index (χ4v) is 6.51. The number of benzene rings is 2. The summed E-state index contributed by atoms with van der Waals surface area (Å²) in [6.07, 6.45) is 12.7. The summed E-state index contributed by atoms with van der Waals surface area (Å²) in [6, 6.07) is 18.0. The van der Waals surface area contributed by atoms with Crippen molar-refractivity contribution in [2.75, 3.05) is 19.6 Å². The molecule has 0 bridgehead atoms. The van der Waals surface area contributed by atoms with Crippen LogP contribution in [0.15, 0.2) is 73.4 Å². The van der Waals surface area contributed by atoms with Crippen LogP contribution in [0.5, 0.6) is 5.75 Å². The molecular weight excluding hydrogens is 532 g/mol. The zero-order valence-corrected chi connectivity index (χ0v) is 24.4. The molecule has 5 nitrogen and oxygen atoms in total. The SMILES string of the molecule is C=C(OC1CCCCC1)c1ccc2c(c1)/C(=C/CCN1CCC(O)(c3ccc(Cl)cc3)CC1)c1cccnc1CO2. The van der Waals surface area contributed by atoms with E-state index >= 15 is 0 Å². The van der Waals surface area contributed by atoms with Crippen molar-refractivity contribution in [1.29, 1.82) is 0 Å². The van der Waals surface area contributed by atoms with Crippen LogP contribution in [0.25, 0.3) is 11.3 Å². The van der Waals surface area contributed by atoms with Crippen molar-refractivity contribution in [3.05, 3.63) is 106 Å². The van der Waals surface area contributed by atoms with Gasteiger partial charge in [0.1, 0.15) is 18.1 Å². The Hall–Kier alpha value is -3.12. The molecule has 1 aromatic heterocycles. The minimum absolute atomic E-state index is 0.258. The molecule has 3 aromatic rings. The van der Waals surface area contributed by atoms with Gasteiger partial charge in [-0.2, -0.15) is 0 Å². The first-order chi connectivity index (χ1) is 20.0. The van der Waals surface area contributed by atoms with Gasteiger partial charge in [0.25, 0.3) is 0 Å². The topological polar surface area (TPSA) is 54.8 Å². The van der Waals surface area contributed by atoms with Crippen molar-refractivity contribution in [3.8, 4) is 5.75 Å². The van der Waals surface area contributed by atoms with E-state index in [-0.39, 0.29) is 6.10 Å². The van der Waals surface area contributed by atoms with E-state index in [1.165, 1.54) is 19.3 Å². The number of nitrogens with zero attached hydrogens (tertiary/aromatic N) is 2. The number of rotatable bonds is 7. The van der Waals surface area contributed by atoms with Crippen LogP contribution in [0, 0.1) is 0 Å². The molecule has 2 aromatic carbocycles. The maximum Gasteiger partial charge on any atom is 0.131 e. The Bertz CT molecular complexity index is 1400. The van der Waals surface area contributed by atoms with E-state index in [1.807, 2.05) is 42.6 Å². The molecule has 6 heteroatoms. The van der Waals surface area contributed by atoms with Gasteiger partial charge in [-0.25, -0.2) is 0 Å². The summed E-state index contributed by atoms with van der Waals surface area (Å²) < 4.78 is 12.6. The molecule has 0 radical (unpaired) electrons. The Morgan fingerprint density at radius 2 is 1.85 bits per heavy atom. The fourth-order valence-electron chi connectivity index (χ4n) is 6.39. The molecule has 41 heavy (non-hydrogen) atoms. The van der Waals surface area contributed by atoms with Crippen LogP contribution < -0.4 is 4.74 Å². The standard InChI is InChI=1S/C35H39ClN2O3/c1-25(41-29-7-3-2-4-8-29)26-11-16-34-32(23-26)30(31-9-5-19-37-33(31)24-40-34)10-6-20-38-21-17-35(39,18-22-38)27-12-14-28(36)15-13-27/h5,9-16,19,23,29,39H,1-4,6-8,17-18,20-22,24H2/b30-10+. The van der Waals surface area contributed by atoms with E-state index in [2.05, 4.69) is 40.7 Å². The highest BCUT2D eigenvalue weighted by molar-refractivity contribution is 6.30. The van der Waals surface area contributed by atoms with E-state index in [4.69, 9.17) is 21.1 Å². The zero-order chi connectivity index (χ0) is 28.2. The van der Waals surface area contributed by atoms with Gasteiger partial charge in [0.05, 0.1) is 17.4 Å². The normalized spacial score (nSPS) is 20.0. The van der Waals surface area contributed by atoms with Crippen molar-refractivity contribution >= 4 is 22.9 Å². The second-order valence-electron chi connectivity index (χ2n) is 11.6. The lowest BCUT2D eigenvalue weighted by molar-refractivity contribution is -0.0254. The molecule has 0 atom stereocenters. The summed E-state index contributed by atoms with van der Waals surface area (Å²) in [4.78, 5) is 7.08. The highest BCUT2D eigenvalue weighted by atomic mass is 35.5. The molecule has 1 aliphatic carbocycles. The molecule has 1 saturated heterocycles. The average Bonchev–Trinajstić information content (AvgIpc) is 3.15. The minimum Gasteiger partial charge on any atom is -0.490 e. The summed E-state index contributed by atoms with van der Waals surface area (Å²) >= 11 is 6.06. The van der Waals surface area contributed by atoms with Crippen LogP contribution in [0.1, 0.15) is 79.3 Å². The molecule has 0 amide bonds. The summed E-state index contributed by atoms with van der Waals surface area (Å²) in [5.74, 6) is 1.59. The van der Waals surface area contributed by atoms with E-state index in [0.717, 1.165) is 83.9 Å². The average molecular weight is 571 g/mol. The summed E-state index contributed by atoms with van der Waals surface area (Å²) in [5, 5.41) is 12.0. The number of fused-ring (bicyclic) bond motifs is 2. The van der Waals surface area contributed by atoms with Crippen LogP contribution in [0.4, 0.5) is 0 Å². The number of hydrogen-bond acceptors (Lipinski definition) is 5. The van der Waals surface area contributed by atoms with E-state index in [1.54, 1.807) is 0 Å². The maximum atomic E-state index is 11.3. The van der Waals surface area contributed by atoms with Gasteiger partial charge in [-0.05, 0) is 92.5 Å². The maximum absolute atomic E-state index is 11.3. The van der Waals surface area contributed by atoms with E-state index in [9.17, 15) is 5.11 Å². The lowest BCUT2D eigenvalue weighted by Crippen LogP contribution is -2.42. The molecule has 1 N–H and O–H groups in total. The molecule has 1 saturated carbocycles. The van der Waals surface area contributed by atoms with Crippen LogP contribution in [-0.2, 0) is 16.9 Å². The van der Waals surface area contributed by atoms with Gasteiger partial charge >= 0.3 is 0 Å². The number of likely N-dealkylation sites (tertiary alicyclic amines) is 1. The third-order valence-corrected chi connectivity index (χ3v) is 9.11. The number of aliphatic hydroxyl groups is 1. The van der Waals surface area contributed by atoms with Crippen LogP contribution in [0.3, 0.4) is 0 Å². The monoisotopic (exact) mass is 570 g/mol. The summed E-state index contributed by atoms with van der Waals surface area (Å²) in [7, 11) is 0. The Morgan fingerprint density at radius 3 is 2.63 bits per heavy atom. The van der Waals surface area contributed by atoms with Gasteiger partial charge in [-0.1, -0.05) is 48.9 Å². The molecule has 3 heterocycles. The Kier molecular flexibility index (Phi) is 8.47. The van der Waals surface area contributed by atoms with Gasteiger partial charge in [-0.3, -0.25) is 4.98 Å². The van der Waals surface area contributed by atoms with Crippen molar-refractivity contribution < 1.29 is 14.6 Å². The third kappa shape index (κ3) is 6.38. The number of halogens is 1. The van der Waals surface area contributed by atoms with Crippen LogP contribution in [0.2, 0.25) is 5.02 Å². The Morgan fingerprint density at radius 1 is 1.07 bits per heavy atom. The van der Waals surface area contributed by atoms with Gasteiger partial charge in [0.15, 0.2) is 0 Å². The Balaban J connectivity index is 1.19. The molecular formula is C35H39ClN2O3. The lowest BCUT2D eigenvalue weighted by atomic mass is 9.84. The van der Waals surface area contributed by atoms with Gasteiger partial charge in [0.2, 0.25) is 0 Å². The Labute approximate surface area is 248 Å². The number of aromatic nitrogens is 1. The second-order valence-corrected chi connectivity index (χ2v) is 12.0. The number of ether oxygens (including phenoxy) is 2. The van der Waals surface area contributed by atoms with Crippen LogP contribution in [-0.4, -0.2) is 40.7 Å². The van der Waals surface area contributed by atoms with Crippen molar-refractivity contribution in [3.63, 3.8) is 0 Å². The van der Waals surface area contributed by atoms with Gasteiger partial charge in [-0.15, -0.1) is 0 Å². The predicted molar refractivity (Wildman–Crippen MR) is 165 cm³/mol. The minimum atomic E-state index is -0.791. The van der Waals surface area contributed by atoms with Crippen molar-refractivity contribution in [2.45, 2.75) is 69.7 Å². The number of pyridine rings is 1. The summed E-state index contributed by atoms with van der Waals surface area (Å²) in [6.45, 7) is 7.35. The van der Waals surface area contributed by atoms with Crippen LogP contribution >= 0.6 is 11.6 Å². The smallest absolute Gasteiger partial charge is 0.131 e. The molecule has 0 spiro atoms. The highest BCUT2D eigenvalue weighted by Gasteiger charge is 2.33. The zero-order valence-electron chi connectivity index (χ0n) is 23.7. The first-order valence-electron chi connectivity index (χ1n) is 15.0. The van der Waals surface area contributed by atoms with Gasteiger partial charge < -0.3 is 19.5 Å². The largest absolute Gasteiger partial charge is 0.490 e.